The highest BCUT2D eigenvalue weighted by Gasteiger charge is 2.09. The van der Waals surface area contributed by atoms with Crippen LogP contribution in [0.25, 0.3) is 5.76 Å². The van der Waals surface area contributed by atoms with Crippen LogP contribution in [0.3, 0.4) is 0 Å². The molecule has 0 saturated heterocycles. The van der Waals surface area contributed by atoms with Crippen molar-refractivity contribution in [2.45, 2.75) is 6.92 Å². The first kappa shape index (κ1) is 21.5. The second-order valence-electron chi connectivity index (χ2n) is 5.63. The predicted octanol–water partition coefficient (Wildman–Crippen LogP) is 5.65. The Labute approximate surface area is 171 Å². The summed E-state index contributed by atoms with van der Waals surface area (Å²) < 4.78 is 5.60. The second kappa shape index (κ2) is 10.5. The second-order valence-corrected chi connectivity index (χ2v) is 8.13. The van der Waals surface area contributed by atoms with Crippen molar-refractivity contribution in [3.05, 3.63) is 88.2 Å². The first-order valence-corrected chi connectivity index (χ1v) is 10.4. The van der Waals surface area contributed by atoms with Crippen molar-refractivity contribution < 1.29 is 24.9 Å². The van der Waals surface area contributed by atoms with Crippen molar-refractivity contribution >= 4 is 33.3 Å². The lowest BCUT2D eigenvalue weighted by Crippen LogP contribution is -1.96. The number of benzene rings is 2. The average Bonchev–Trinajstić information content (AvgIpc) is 2.68. The quantitative estimate of drug-likeness (QED) is 0.429. The molecule has 0 unspecified atom stereocenters. The molecule has 0 bridgehead atoms. The number of para-hydroxylation sites is 2. The third kappa shape index (κ3) is 6.44. The Balaban J connectivity index is 0.000000237. The van der Waals surface area contributed by atoms with E-state index in [-0.39, 0.29) is 17.1 Å². The van der Waals surface area contributed by atoms with Crippen LogP contribution in [-0.4, -0.2) is 27.9 Å². The number of phenols is 2. The molecule has 7 heteroatoms. The highest BCUT2D eigenvalue weighted by atomic mass is 33.1. The Morgan fingerprint density at radius 3 is 2.00 bits per heavy atom. The van der Waals surface area contributed by atoms with E-state index in [1.54, 1.807) is 51.9 Å². The van der Waals surface area contributed by atoms with Gasteiger partial charge in [-0.15, -0.1) is 0 Å². The summed E-state index contributed by atoms with van der Waals surface area (Å²) in [5.41, 5.74) is 0.570. The first-order valence-electron chi connectivity index (χ1n) is 8.22. The van der Waals surface area contributed by atoms with Gasteiger partial charge in [-0.1, -0.05) is 58.5 Å². The molecule has 0 aromatic heterocycles. The molecule has 28 heavy (non-hydrogen) atoms. The smallest absolute Gasteiger partial charge is 0.339 e. The molecule has 0 spiro atoms. The van der Waals surface area contributed by atoms with Crippen LogP contribution in [0.2, 0.25) is 0 Å². The largest absolute Gasteiger partial charge is 0.507 e. The number of phenolic OH excluding ortho intramolecular Hbond substituents is 1. The summed E-state index contributed by atoms with van der Waals surface area (Å²) in [6.07, 6.45) is 4.12. The minimum absolute atomic E-state index is 0.0671. The molecule has 1 aliphatic heterocycles. The number of carboxylic acids is 1. The Morgan fingerprint density at radius 1 is 0.964 bits per heavy atom. The third-order valence-electron chi connectivity index (χ3n) is 3.51. The van der Waals surface area contributed by atoms with E-state index in [2.05, 4.69) is 25.7 Å². The van der Waals surface area contributed by atoms with Crippen molar-refractivity contribution in [2.24, 2.45) is 0 Å². The fourth-order valence-electron chi connectivity index (χ4n) is 2.06. The van der Waals surface area contributed by atoms with Crippen LogP contribution in [0.1, 0.15) is 22.8 Å². The average molecular weight is 417 g/mol. The maximum atomic E-state index is 10.3. The molecular formula is C21H20O5S2. The predicted molar refractivity (Wildman–Crippen MR) is 115 cm³/mol. The lowest BCUT2D eigenvalue weighted by atomic mass is 10.2. The van der Waals surface area contributed by atoms with Crippen LogP contribution in [0, 0.1) is 0 Å². The topological polar surface area (TPSA) is 87.0 Å². The molecule has 0 radical (unpaired) electrons. The van der Waals surface area contributed by atoms with Crippen molar-refractivity contribution in [3.8, 4) is 11.5 Å². The van der Waals surface area contributed by atoms with Gasteiger partial charge in [-0.05, 0) is 42.2 Å². The van der Waals surface area contributed by atoms with Gasteiger partial charge >= 0.3 is 5.97 Å². The van der Waals surface area contributed by atoms with Gasteiger partial charge in [0, 0.05) is 4.91 Å². The van der Waals surface area contributed by atoms with Gasteiger partial charge in [-0.25, -0.2) is 4.79 Å². The lowest BCUT2D eigenvalue weighted by molar-refractivity contribution is 0.0693. The maximum absolute atomic E-state index is 10.3. The van der Waals surface area contributed by atoms with E-state index in [1.807, 2.05) is 6.07 Å². The van der Waals surface area contributed by atoms with Gasteiger partial charge in [-0.3, -0.25) is 0 Å². The Morgan fingerprint density at radius 2 is 1.54 bits per heavy atom. The molecule has 1 aliphatic rings. The number of carboxylic acid groups (broad SMARTS) is 1. The number of aromatic hydroxyl groups is 2. The van der Waals surface area contributed by atoms with E-state index in [4.69, 9.17) is 14.9 Å². The molecule has 1 heterocycles. The molecule has 0 amide bonds. The molecule has 3 N–H and O–H groups in total. The van der Waals surface area contributed by atoms with Crippen molar-refractivity contribution in [3.63, 3.8) is 0 Å². The van der Waals surface area contributed by atoms with Crippen molar-refractivity contribution in [1.82, 2.24) is 0 Å². The number of hydrogen-bond donors (Lipinski definition) is 3. The summed E-state index contributed by atoms with van der Waals surface area (Å²) in [5.74, 6) is -0.628. The van der Waals surface area contributed by atoms with Crippen LogP contribution in [0.5, 0.6) is 11.5 Å². The number of ether oxygens (including phenoxy) is 1. The lowest BCUT2D eigenvalue weighted by Gasteiger charge is -2.14. The van der Waals surface area contributed by atoms with Gasteiger partial charge in [0.1, 0.15) is 29.4 Å². The fourth-order valence-corrected chi connectivity index (χ4v) is 3.84. The highest BCUT2D eigenvalue weighted by Crippen LogP contribution is 2.40. The normalized spacial score (nSPS) is 12.8. The van der Waals surface area contributed by atoms with E-state index in [9.17, 15) is 9.90 Å². The van der Waals surface area contributed by atoms with E-state index in [1.165, 1.54) is 17.0 Å². The zero-order chi connectivity index (χ0) is 20.5. The molecule has 0 atom stereocenters. The molecular weight excluding hydrogens is 396 g/mol. The standard InChI is InChI=1S/C14H14O2S2.C7H6O3/c1-10-7-8-12(18-17-10)9-16-11(2)13-5-3-4-6-14(13)15;8-6-4-2-1-3-5(6)7(9)10/h3-8,15H,2,9H2,1H3;1-4,8H,(H,9,10). The minimum Gasteiger partial charge on any atom is -0.507 e. The molecule has 0 fully saturated rings. The van der Waals surface area contributed by atoms with Crippen LogP contribution < -0.4 is 0 Å². The summed E-state index contributed by atoms with van der Waals surface area (Å²) in [6.45, 7) is 6.40. The summed E-state index contributed by atoms with van der Waals surface area (Å²) in [5, 5.41) is 27.0. The van der Waals surface area contributed by atoms with E-state index in [0.29, 0.717) is 17.9 Å². The molecule has 146 valence electrons. The Bertz CT molecular complexity index is 919. The van der Waals surface area contributed by atoms with Crippen LogP contribution >= 0.6 is 21.6 Å². The number of aromatic carboxylic acids is 1. The third-order valence-corrected chi connectivity index (χ3v) is 6.14. The number of hydrogen-bond acceptors (Lipinski definition) is 6. The molecule has 0 aliphatic carbocycles. The van der Waals surface area contributed by atoms with E-state index >= 15 is 0 Å². The zero-order valence-corrected chi connectivity index (χ0v) is 16.8. The van der Waals surface area contributed by atoms with E-state index < -0.39 is 5.97 Å². The molecule has 2 aromatic rings. The SMILES string of the molecule is C=C(OCC1=CC=C(C)SS1)c1ccccc1O.O=C(O)c1ccccc1O. The number of carbonyl (C=O) groups is 1. The summed E-state index contributed by atoms with van der Waals surface area (Å²) in [6, 6.07) is 12.8. The van der Waals surface area contributed by atoms with Gasteiger partial charge in [-0.2, -0.15) is 0 Å². The summed E-state index contributed by atoms with van der Waals surface area (Å²) in [7, 11) is 3.42. The monoisotopic (exact) mass is 416 g/mol. The van der Waals surface area contributed by atoms with Gasteiger partial charge in [0.2, 0.25) is 0 Å². The van der Waals surface area contributed by atoms with Crippen LogP contribution in [0.4, 0.5) is 0 Å². The Kier molecular flexibility index (Phi) is 8.10. The zero-order valence-electron chi connectivity index (χ0n) is 15.2. The molecule has 5 nitrogen and oxygen atoms in total. The summed E-state index contributed by atoms with van der Waals surface area (Å²) in [4.78, 5) is 12.7. The summed E-state index contributed by atoms with van der Waals surface area (Å²) >= 11 is 0. The highest BCUT2D eigenvalue weighted by molar-refractivity contribution is 8.79. The van der Waals surface area contributed by atoms with Crippen molar-refractivity contribution in [1.29, 1.82) is 0 Å². The van der Waals surface area contributed by atoms with Gasteiger partial charge in [0.25, 0.3) is 0 Å². The van der Waals surface area contributed by atoms with Gasteiger partial charge in [0.05, 0.1) is 5.56 Å². The molecule has 0 saturated carbocycles. The fraction of sp³-hybridized carbons (Fsp3) is 0.0952. The van der Waals surface area contributed by atoms with Crippen molar-refractivity contribution in [2.75, 3.05) is 6.61 Å². The van der Waals surface area contributed by atoms with Gasteiger partial charge < -0.3 is 20.1 Å². The molecule has 3 rings (SSSR count). The maximum Gasteiger partial charge on any atom is 0.339 e. The minimum atomic E-state index is -1.11. The van der Waals surface area contributed by atoms with E-state index in [0.717, 1.165) is 4.91 Å². The first-order chi connectivity index (χ1) is 13.4. The van der Waals surface area contributed by atoms with Crippen LogP contribution in [-0.2, 0) is 4.74 Å². The van der Waals surface area contributed by atoms with Crippen LogP contribution in [0.15, 0.2) is 77.1 Å². The molecule has 2 aromatic carbocycles. The Hall–Kier alpha value is -2.77. The number of allylic oxidation sites excluding steroid dienone is 3. The van der Waals surface area contributed by atoms with Gasteiger partial charge in [0.15, 0.2) is 0 Å². The number of rotatable bonds is 5.